The third-order valence-electron chi connectivity index (χ3n) is 2.95. The summed E-state index contributed by atoms with van der Waals surface area (Å²) in [6.07, 6.45) is -0.400. The number of benzene rings is 1. The molecule has 0 aromatic heterocycles. The van der Waals surface area contributed by atoms with Crippen molar-refractivity contribution in [2.45, 2.75) is 25.9 Å². The maximum absolute atomic E-state index is 11.5. The van der Waals surface area contributed by atoms with Crippen LogP contribution in [0, 0.1) is 10.1 Å². The standard InChI is InChI=1S/C12H11NO6/c1-6(12(15)16)19-11-4-7-2-3-10(14)8(7)5-9(11)13(17)18/h4-6H,2-3H2,1H3,(H,15,16). The minimum absolute atomic E-state index is 0.117. The average molecular weight is 265 g/mol. The Morgan fingerprint density at radius 3 is 2.74 bits per heavy atom. The first-order valence-corrected chi connectivity index (χ1v) is 5.64. The first kappa shape index (κ1) is 13.0. The van der Waals surface area contributed by atoms with Gasteiger partial charge in [0.15, 0.2) is 17.6 Å². The van der Waals surface area contributed by atoms with Crippen molar-refractivity contribution < 1.29 is 24.4 Å². The van der Waals surface area contributed by atoms with Crippen molar-refractivity contribution in [3.05, 3.63) is 33.4 Å². The minimum Gasteiger partial charge on any atom is -0.479 e. The summed E-state index contributed by atoms with van der Waals surface area (Å²) in [7, 11) is 0. The zero-order chi connectivity index (χ0) is 14.2. The fourth-order valence-electron chi connectivity index (χ4n) is 1.94. The number of hydrogen-bond donors (Lipinski definition) is 1. The molecule has 1 aromatic rings. The van der Waals surface area contributed by atoms with E-state index in [9.17, 15) is 19.7 Å². The molecule has 0 spiro atoms. The normalized spacial score (nSPS) is 14.9. The molecule has 1 aliphatic rings. The van der Waals surface area contributed by atoms with Crippen molar-refractivity contribution in [1.82, 2.24) is 0 Å². The molecule has 1 atom stereocenters. The number of aliphatic carboxylic acids is 1. The Bertz CT molecular complexity index is 580. The largest absolute Gasteiger partial charge is 0.479 e. The lowest BCUT2D eigenvalue weighted by molar-refractivity contribution is -0.386. The zero-order valence-corrected chi connectivity index (χ0v) is 10.1. The molecule has 0 bridgehead atoms. The molecule has 100 valence electrons. The predicted molar refractivity (Wildman–Crippen MR) is 63.5 cm³/mol. The maximum atomic E-state index is 11.5. The fraction of sp³-hybridized carbons (Fsp3) is 0.333. The fourth-order valence-corrected chi connectivity index (χ4v) is 1.94. The van der Waals surface area contributed by atoms with Gasteiger partial charge in [-0.15, -0.1) is 0 Å². The van der Waals surface area contributed by atoms with Gasteiger partial charge >= 0.3 is 11.7 Å². The van der Waals surface area contributed by atoms with Gasteiger partial charge in [0.25, 0.3) is 0 Å². The van der Waals surface area contributed by atoms with Crippen molar-refractivity contribution in [1.29, 1.82) is 0 Å². The molecule has 7 heteroatoms. The summed E-state index contributed by atoms with van der Waals surface area (Å²) in [4.78, 5) is 32.5. The Morgan fingerprint density at radius 2 is 2.16 bits per heavy atom. The molecule has 1 unspecified atom stereocenters. The molecule has 0 aliphatic heterocycles. The van der Waals surface area contributed by atoms with Crippen LogP contribution in [0.1, 0.15) is 29.3 Å². The molecule has 0 fully saturated rings. The topological polar surface area (TPSA) is 107 Å². The van der Waals surface area contributed by atoms with Gasteiger partial charge in [0.05, 0.1) is 4.92 Å². The highest BCUT2D eigenvalue weighted by molar-refractivity contribution is 6.01. The molecule has 0 radical (unpaired) electrons. The van der Waals surface area contributed by atoms with Crippen LogP contribution in [0.25, 0.3) is 0 Å². The number of ether oxygens (including phenoxy) is 1. The molecule has 0 heterocycles. The van der Waals surface area contributed by atoms with Gasteiger partial charge in [-0.25, -0.2) is 4.79 Å². The Kier molecular flexibility index (Phi) is 3.20. The molecule has 1 aliphatic carbocycles. The van der Waals surface area contributed by atoms with E-state index in [1.54, 1.807) is 0 Å². The van der Waals surface area contributed by atoms with Gasteiger partial charge in [-0.05, 0) is 25.0 Å². The van der Waals surface area contributed by atoms with Crippen LogP contribution in [0.4, 0.5) is 5.69 Å². The number of carboxylic acid groups (broad SMARTS) is 1. The van der Waals surface area contributed by atoms with E-state index in [0.717, 1.165) is 6.07 Å². The van der Waals surface area contributed by atoms with E-state index >= 15 is 0 Å². The van der Waals surface area contributed by atoms with Crippen LogP contribution in [0.15, 0.2) is 12.1 Å². The van der Waals surface area contributed by atoms with Crippen LogP contribution in [0.3, 0.4) is 0 Å². The quantitative estimate of drug-likeness (QED) is 0.654. The highest BCUT2D eigenvalue weighted by Crippen LogP contribution is 2.35. The Balaban J connectivity index is 2.45. The van der Waals surface area contributed by atoms with Crippen molar-refractivity contribution >= 4 is 17.4 Å². The number of fused-ring (bicyclic) bond motifs is 1. The third kappa shape index (κ3) is 2.40. The Morgan fingerprint density at radius 1 is 1.47 bits per heavy atom. The molecule has 1 aromatic carbocycles. The first-order chi connectivity index (χ1) is 8.90. The summed E-state index contributed by atoms with van der Waals surface area (Å²) in [6, 6.07) is 2.55. The number of nitrogens with zero attached hydrogens (tertiary/aromatic N) is 1. The van der Waals surface area contributed by atoms with Gasteiger partial charge < -0.3 is 9.84 Å². The molecule has 19 heavy (non-hydrogen) atoms. The van der Waals surface area contributed by atoms with Crippen molar-refractivity contribution in [2.24, 2.45) is 0 Å². The number of carbonyl (C=O) groups is 2. The Hall–Kier alpha value is -2.44. The number of carbonyl (C=O) groups excluding carboxylic acids is 1. The second kappa shape index (κ2) is 4.68. The van der Waals surface area contributed by atoms with Gasteiger partial charge in [-0.2, -0.15) is 0 Å². The van der Waals surface area contributed by atoms with Crippen molar-refractivity contribution in [3.63, 3.8) is 0 Å². The molecular weight excluding hydrogens is 254 g/mol. The SMILES string of the molecule is CC(Oc1cc2c(cc1[N+](=O)[O-])C(=O)CC2)C(=O)O. The zero-order valence-electron chi connectivity index (χ0n) is 10.1. The van der Waals surface area contributed by atoms with E-state index in [1.165, 1.54) is 13.0 Å². The van der Waals surface area contributed by atoms with E-state index in [1.807, 2.05) is 0 Å². The maximum Gasteiger partial charge on any atom is 0.344 e. The lowest BCUT2D eigenvalue weighted by Crippen LogP contribution is -2.23. The van der Waals surface area contributed by atoms with Crippen LogP contribution in [0.2, 0.25) is 0 Å². The molecule has 1 N–H and O–H groups in total. The van der Waals surface area contributed by atoms with Crippen LogP contribution in [-0.4, -0.2) is 27.9 Å². The number of nitro benzene ring substituents is 1. The number of hydrogen-bond acceptors (Lipinski definition) is 5. The van der Waals surface area contributed by atoms with Crippen LogP contribution in [-0.2, 0) is 11.2 Å². The summed E-state index contributed by atoms with van der Waals surface area (Å²) in [5, 5.41) is 19.7. The van der Waals surface area contributed by atoms with E-state index in [0.29, 0.717) is 24.0 Å². The number of Topliss-reactive ketones (excluding diaryl/α,β-unsaturated/α-hetero) is 1. The van der Waals surface area contributed by atoms with Gasteiger partial charge in [0.2, 0.25) is 0 Å². The number of ketones is 1. The van der Waals surface area contributed by atoms with Gasteiger partial charge in [-0.1, -0.05) is 0 Å². The third-order valence-corrected chi connectivity index (χ3v) is 2.95. The molecule has 0 saturated heterocycles. The monoisotopic (exact) mass is 265 g/mol. The second-order valence-electron chi connectivity index (χ2n) is 4.26. The average Bonchev–Trinajstić information content (AvgIpc) is 2.69. The van der Waals surface area contributed by atoms with Crippen LogP contribution < -0.4 is 4.74 Å². The highest BCUT2D eigenvalue weighted by Gasteiger charge is 2.28. The summed E-state index contributed by atoms with van der Waals surface area (Å²) in [5.41, 5.74) is 0.590. The van der Waals surface area contributed by atoms with Crippen molar-refractivity contribution in [3.8, 4) is 5.75 Å². The summed E-state index contributed by atoms with van der Waals surface area (Å²) >= 11 is 0. The predicted octanol–water partition coefficient (Wildman–Crippen LogP) is 1.58. The summed E-state index contributed by atoms with van der Waals surface area (Å²) < 4.78 is 5.08. The van der Waals surface area contributed by atoms with Crippen molar-refractivity contribution in [2.75, 3.05) is 0 Å². The van der Waals surface area contributed by atoms with E-state index in [4.69, 9.17) is 9.84 Å². The smallest absolute Gasteiger partial charge is 0.344 e. The lowest BCUT2D eigenvalue weighted by atomic mass is 10.1. The van der Waals surface area contributed by atoms with Crippen LogP contribution in [0.5, 0.6) is 5.75 Å². The van der Waals surface area contributed by atoms with E-state index < -0.39 is 17.0 Å². The van der Waals surface area contributed by atoms with Crippen LogP contribution >= 0.6 is 0 Å². The highest BCUT2D eigenvalue weighted by atomic mass is 16.6. The number of rotatable bonds is 4. The lowest BCUT2D eigenvalue weighted by Gasteiger charge is -2.11. The molecular formula is C12H11NO6. The Labute approximate surface area is 107 Å². The van der Waals surface area contributed by atoms with Gasteiger partial charge in [0, 0.05) is 18.1 Å². The van der Waals surface area contributed by atoms with Gasteiger partial charge in [-0.3, -0.25) is 14.9 Å². The number of carboxylic acids is 1. The van der Waals surface area contributed by atoms with E-state index in [-0.39, 0.29) is 17.2 Å². The van der Waals surface area contributed by atoms with Gasteiger partial charge in [0.1, 0.15) is 0 Å². The first-order valence-electron chi connectivity index (χ1n) is 5.64. The number of nitro groups is 1. The minimum atomic E-state index is -1.22. The van der Waals surface area contributed by atoms with E-state index in [2.05, 4.69) is 0 Å². The second-order valence-corrected chi connectivity index (χ2v) is 4.26. The molecule has 0 amide bonds. The molecule has 7 nitrogen and oxygen atoms in total. The summed E-state index contributed by atoms with van der Waals surface area (Å²) in [6.45, 7) is 1.28. The number of aryl methyl sites for hydroxylation is 1. The summed E-state index contributed by atoms with van der Waals surface area (Å²) in [5.74, 6) is -1.48. The molecule has 0 saturated carbocycles. The molecule has 2 rings (SSSR count).